The summed E-state index contributed by atoms with van der Waals surface area (Å²) in [5.74, 6) is 0.513. The second-order valence-electron chi connectivity index (χ2n) is 9.12. The van der Waals surface area contributed by atoms with Crippen LogP contribution in [0.3, 0.4) is 0 Å². The van der Waals surface area contributed by atoms with E-state index in [1.54, 1.807) is 43.3 Å². The summed E-state index contributed by atoms with van der Waals surface area (Å²) < 4.78 is 37.0. The van der Waals surface area contributed by atoms with Crippen molar-refractivity contribution in [2.24, 2.45) is 0 Å². The molecule has 0 aliphatic carbocycles. The van der Waals surface area contributed by atoms with Gasteiger partial charge in [-0.25, -0.2) is 8.42 Å². The summed E-state index contributed by atoms with van der Waals surface area (Å²) in [5, 5.41) is 3.47. The third-order valence-corrected chi connectivity index (χ3v) is 7.64. The average Bonchev–Trinajstić information content (AvgIpc) is 3.31. The summed E-state index contributed by atoms with van der Waals surface area (Å²) in [6, 6.07) is 11.3. The van der Waals surface area contributed by atoms with Gasteiger partial charge in [0.15, 0.2) is 11.5 Å². The van der Waals surface area contributed by atoms with Crippen LogP contribution >= 0.6 is 11.6 Å². The predicted molar refractivity (Wildman–Crippen MR) is 143 cm³/mol. The van der Waals surface area contributed by atoms with Gasteiger partial charge >= 0.3 is 0 Å². The monoisotopic (exact) mass is 551 g/mol. The molecule has 9 nitrogen and oxygen atoms in total. The molecule has 1 heterocycles. The molecule has 2 aromatic carbocycles. The number of nitrogens with zero attached hydrogens (tertiary/aromatic N) is 2. The van der Waals surface area contributed by atoms with Crippen molar-refractivity contribution in [1.82, 2.24) is 10.2 Å². The van der Waals surface area contributed by atoms with Gasteiger partial charge in [-0.05, 0) is 56.5 Å². The van der Waals surface area contributed by atoms with Crippen molar-refractivity contribution < 1.29 is 27.5 Å². The van der Waals surface area contributed by atoms with Gasteiger partial charge in [0, 0.05) is 36.6 Å². The Bertz CT molecular complexity index is 1220. The normalized spacial score (nSPS) is 14.1. The van der Waals surface area contributed by atoms with Crippen LogP contribution in [-0.4, -0.2) is 56.8 Å². The van der Waals surface area contributed by atoms with Crippen LogP contribution in [-0.2, 0) is 26.2 Å². The number of hydrogen-bond donors (Lipinski definition) is 1. The molecule has 0 spiro atoms. The van der Waals surface area contributed by atoms with E-state index in [2.05, 4.69) is 5.32 Å². The minimum absolute atomic E-state index is 0.0249. The van der Waals surface area contributed by atoms with E-state index in [0.29, 0.717) is 22.2 Å². The van der Waals surface area contributed by atoms with Gasteiger partial charge in [0.2, 0.25) is 28.6 Å². The van der Waals surface area contributed by atoms with E-state index >= 15 is 0 Å². The van der Waals surface area contributed by atoms with Gasteiger partial charge < -0.3 is 19.7 Å². The highest BCUT2D eigenvalue weighted by Crippen LogP contribution is 2.36. The van der Waals surface area contributed by atoms with Gasteiger partial charge in [0.05, 0.1) is 11.9 Å². The van der Waals surface area contributed by atoms with Crippen molar-refractivity contribution in [2.75, 3.05) is 23.9 Å². The maximum atomic E-state index is 13.4. The lowest BCUT2D eigenvalue weighted by atomic mass is 10.1. The number of benzene rings is 2. The fourth-order valence-corrected chi connectivity index (χ4v) is 5.09. The van der Waals surface area contributed by atoms with E-state index in [4.69, 9.17) is 21.1 Å². The van der Waals surface area contributed by atoms with Crippen LogP contribution in [0.2, 0.25) is 5.02 Å². The number of anilines is 1. The van der Waals surface area contributed by atoms with E-state index in [9.17, 15) is 18.0 Å². The highest BCUT2D eigenvalue weighted by molar-refractivity contribution is 7.92. The van der Waals surface area contributed by atoms with Crippen LogP contribution in [0.1, 0.15) is 45.6 Å². The number of amides is 2. The molecule has 0 fully saturated rings. The summed E-state index contributed by atoms with van der Waals surface area (Å²) >= 11 is 6.13. The van der Waals surface area contributed by atoms with Crippen molar-refractivity contribution >= 4 is 39.1 Å². The molecular formula is C26H34ClN3O6S. The van der Waals surface area contributed by atoms with E-state index in [-0.39, 0.29) is 50.6 Å². The Hall–Kier alpha value is -2.98. The van der Waals surface area contributed by atoms with Crippen LogP contribution in [0.25, 0.3) is 0 Å². The zero-order valence-corrected chi connectivity index (χ0v) is 23.1. The van der Waals surface area contributed by atoms with Crippen LogP contribution in [0.15, 0.2) is 42.5 Å². The largest absolute Gasteiger partial charge is 0.454 e. The molecule has 0 saturated heterocycles. The first-order valence-corrected chi connectivity index (χ1v) is 14.4. The van der Waals surface area contributed by atoms with Crippen LogP contribution in [0.5, 0.6) is 11.5 Å². The molecule has 2 unspecified atom stereocenters. The molecule has 1 aliphatic heterocycles. The molecule has 2 aromatic rings. The molecule has 1 N–H and O–H groups in total. The number of fused-ring (bicyclic) bond motifs is 1. The van der Waals surface area contributed by atoms with Crippen molar-refractivity contribution in [3.05, 3.63) is 53.1 Å². The lowest BCUT2D eigenvalue weighted by Gasteiger charge is -2.30. The Morgan fingerprint density at radius 3 is 2.51 bits per heavy atom. The van der Waals surface area contributed by atoms with Gasteiger partial charge in [-0.2, -0.15) is 0 Å². The first-order valence-electron chi connectivity index (χ1n) is 12.2. The Labute approximate surface area is 223 Å². The molecule has 0 aromatic heterocycles. The van der Waals surface area contributed by atoms with Crippen molar-refractivity contribution in [3.8, 4) is 11.5 Å². The fourth-order valence-electron chi connectivity index (χ4n) is 3.92. The first kappa shape index (κ1) is 28.6. The molecule has 0 radical (unpaired) electrons. The van der Waals surface area contributed by atoms with Gasteiger partial charge in [-0.15, -0.1) is 0 Å². The molecule has 1 aliphatic rings. The smallest absolute Gasteiger partial charge is 0.242 e. The highest BCUT2D eigenvalue weighted by atomic mass is 35.5. The van der Waals surface area contributed by atoms with Crippen LogP contribution in [0.4, 0.5) is 5.69 Å². The summed E-state index contributed by atoms with van der Waals surface area (Å²) in [4.78, 5) is 27.7. The minimum Gasteiger partial charge on any atom is -0.454 e. The lowest BCUT2D eigenvalue weighted by molar-refractivity contribution is -0.140. The quantitative estimate of drug-likeness (QED) is 0.428. The van der Waals surface area contributed by atoms with E-state index in [0.717, 1.165) is 18.2 Å². The number of carbonyl (C=O) groups is 2. The molecule has 11 heteroatoms. The van der Waals surface area contributed by atoms with Crippen LogP contribution < -0.4 is 19.1 Å². The maximum Gasteiger partial charge on any atom is 0.242 e. The second-order valence-corrected chi connectivity index (χ2v) is 11.5. The standard InChI is InChI=1S/C26H34ClN3O6S/c1-5-18(2)28-26(32)19(3)29(16-20-8-6-9-21(27)14-20)25(31)10-7-13-30(37(4,33)34)22-11-12-23-24(15-22)36-17-35-23/h6,8-9,11-12,14-15,18-19H,5,7,10,13,16-17H2,1-4H3,(H,28,32). The predicted octanol–water partition coefficient (Wildman–Crippen LogP) is 3.95. The lowest BCUT2D eigenvalue weighted by Crippen LogP contribution is -2.49. The van der Waals surface area contributed by atoms with Crippen molar-refractivity contribution in [1.29, 1.82) is 0 Å². The number of hydrogen-bond acceptors (Lipinski definition) is 6. The molecule has 0 saturated carbocycles. The summed E-state index contributed by atoms with van der Waals surface area (Å²) in [6.07, 6.45) is 2.19. The molecular weight excluding hydrogens is 518 g/mol. The number of nitrogens with one attached hydrogen (secondary N) is 1. The van der Waals surface area contributed by atoms with Gasteiger partial charge in [0.25, 0.3) is 0 Å². The Morgan fingerprint density at radius 2 is 1.84 bits per heavy atom. The van der Waals surface area contributed by atoms with Gasteiger partial charge in [-0.1, -0.05) is 30.7 Å². The number of sulfonamides is 1. The summed E-state index contributed by atoms with van der Waals surface area (Å²) in [6.45, 7) is 5.93. The SMILES string of the molecule is CCC(C)NC(=O)C(C)N(Cc1cccc(Cl)c1)C(=O)CCCN(c1ccc2c(c1)OCO2)S(C)(=O)=O. The molecule has 202 valence electrons. The number of halogens is 1. The summed E-state index contributed by atoms with van der Waals surface area (Å²) in [5.41, 5.74) is 1.22. The third kappa shape index (κ3) is 7.75. The fraction of sp³-hybridized carbons (Fsp3) is 0.462. The van der Waals surface area contributed by atoms with Crippen molar-refractivity contribution in [3.63, 3.8) is 0 Å². The van der Waals surface area contributed by atoms with Gasteiger partial charge in [-0.3, -0.25) is 13.9 Å². The van der Waals surface area contributed by atoms with Crippen molar-refractivity contribution in [2.45, 2.75) is 58.7 Å². The maximum absolute atomic E-state index is 13.4. The molecule has 2 atom stereocenters. The molecule has 3 rings (SSSR count). The zero-order valence-electron chi connectivity index (χ0n) is 21.6. The Morgan fingerprint density at radius 1 is 1.11 bits per heavy atom. The Balaban J connectivity index is 1.73. The highest BCUT2D eigenvalue weighted by Gasteiger charge is 2.27. The topological polar surface area (TPSA) is 105 Å². The Kier molecular flexibility index (Phi) is 9.67. The number of carbonyl (C=O) groups excluding carboxylic acids is 2. The zero-order chi connectivity index (χ0) is 27.2. The first-order chi connectivity index (χ1) is 17.5. The number of ether oxygens (including phenoxy) is 2. The number of rotatable bonds is 12. The van der Waals surface area contributed by atoms with E-state index < -0.39 is 16.1 Å². The van der Waals surface area contributed by atoms with Gasteiger partial charge in [0.1, 0.15) is 6.04 Å². The average molecular weight is 552 g/mol. The molecule has 2 amide bonds. The molecule has 37 heavy (non-hydrogen) atoms. The third-order valence-electron chi connectivity index (χ3n) is 6.21. The van der Waals surface area contributed by atoms with Crippen LogP contribution in [0, 0.1) is 0 Å². The van der Waals surface area contributed by atoms with E-state index in [1.807, 2.05) is 19.9 Å². The molecule has 0 bridgehead atoms. The summed E-state index contributed by atoms with van der Waals surface area (Å²) in [7, 11) is -3.62. The second kappa shape index (κ2) is 12.5. The minimum atomic E-state index is -3.62. The van der Waals surface area contributed by atoms with E-state index in [1.165, 1.54) is 9.21 Å².